The number of rotatable bonds is 11. The summed E-state index contributed by atoms with van der Waals surface area (Å²) in [5.41, 5.74) is 1.27. The summed E-state index contributed by atoms with van der Waals surface area (Å²) in [6, 6.07) is 7.76. The molecule has 0 aliphatic heterocycles. The summed E-state index contributed by atoms with van der Waals surface area (Å²) < 4.78 is 36.8. The van der Waals surface area contributed by atoms with Crippen molar-refractivity contribution in [2.75, 3.05) is 0 Å². The van der Waals surface area contributed by atoms with Crippen molar-refractivity contribution < 1.29 is 17.7 Å². The van der Waals surface area contributed by atoms with Gasteiger partial charge in [0.05, 0.1) is 0 Å². The first-order valence-electron chi connectivity index (χ1n) is 8.56. The normalized spacial score (nSPS) is 14.4. The van der Waals surface area contributed by atoms with Crippen molar-refractivity contribution in [2.24, 2.45) is 0 Å². The number of aryl methyl sites for hydroxylation is 1. The molecule has 0 saturated heterocycles. The van der Waals surface area contributed by atoms with Crippen molar-refractivity contribution in [1.82, 2.24) is 0 Å². The molecule has 0 bridgehead atoms. The van der Waals surface area contributed by atoms with E-state index in [1.165, 1.54) is 51.0 Å². The van der Waals surface area contributed by atoms with Gasteiger partial charge in [-0.15, -0.1) is 0 Å². The minimum absolute atomic E-state index is 0.602. The van der Waals surface area contributed by atoms with Gasteiger partial charge in [0, 0.05) is 0 Å². The Morgan fingerprint density at radius 2 is 1.57 bits per heavy atom. The van der Waals surface area contributed by atoms with Crippen LogP contribution in [0.25, 0.3) is 0 Å². The molecule has 5 heteroatoms. The smallest absolute Gasteiger partial charge is 0.271 e. The summed E-state index contributed by atoms with van der Waals surface area (Å²) in [6.07, 6.45) is 8.15. The molecule has 1 aromatic carbocycles. The van der Waals surface area contributed by atoms with E-state index < -0.39 is 21.5 Å². The second-order valence-corrected chi connectivity index (χ2v) is 7.98. The number of ether oxygens (including phenoxy) is 1. The Kier molecular flexibility index (Phi) is 8.63. The van der Waals surface area contributed by atoms with Crippen molar-refractivity contribution in [2.45, 2.75) is 77.1 Å². The van der Waals surface area contributed by atoms with Crippen molar-refractivity contribution in [3.05, 3.63) is 29.8 Å². The SMILES string of the molecule is CCCCCCCCc1ccc(OC(C)C(C)S(=O)(=O)O)cc1. The number of unbranched alkanes of at least 4 members (excludes halogenated alkanes) is 5. The summed E-state index contributed by atoms with van der Waals surface area (Å²) in [5, 5.41) is -0.953. The van der Waals surface area contributed by atoms with Crippen molar-refractivity contribution >= 4 is 10.1 Å². The molecular formula is C18H30O4S. The zero-order chi connectivity index (χ0) is 17.3. The van der Waals surface area contributed by atoms with Gasteiger partial charge in [0.15, 0.2) is 0 Å². The third kappa shape index (κ3) is 7.84. The van der Waals surface area contributed by atoms with E-state index >= 15 is 0 Å². The molecule has 0 radical (unpaired) electrons. The van der Waals surface area contributed by atoms with E-state index in [0.29, 0.717) is 5.75 Å². The van der Waals surface area contributed by atoms with Crippen LogP contribution in [-0.4, -0.2) is 24.3 Å². The quantitative estimate of drug-likeness (QED) is 0.470. The van der Waals surface area contributed by atoms with E-state index in [2.05, 4.69) is 6.92 Å². The maximum absolute atomic E-state index is 11.1. The molecule has 23 heavy (non-hydrogen) atoms. The summed E-state index contributed by atoms with van der Waals surface area (Å²) >= 11 is 0. The topological polar surface area (TPSA) is 63.6 Å². The monoisotopic (exact) mass is 342 g/mol. The second-order valence-electron chi connectivity index (χ2n) is 6.20. The van der Waals surface area contributed by atoms with Crippen LogP contribution < -0.4 is 4.74 Å². The van der Waals surface area contributed by atoms with Gasteiger partial charge in [-0.1, -0.05) is 51.2 Å². The van der Waals surface area contributed by atoms with E-state index in [4.69, 9.17) is 9.29 Å². The van der Waals surface area contributed by atoms with Crippen molar-refractivity contribution in [1.29, 1.82) is 0 Å². The van der Waals surface area contributed by atoms with Crippen LogP contribution in [0.1, 0.15) is 64.9 Å². The van der Waals surface area contributed by atoms with Gasteiger partial charge < -0.3 is 4.74 Å². The molecule has 1 aromatic rings. The van der Waals surface area contributed by atoms with E-state index in [0.717, 1.165) is 6.42 Å². The third-order valence-corrected chi connectivity index (χ3v) is 5.52. The molecule has 0 spiro atoms. The van der Waals surface area contributed by atoms with Crippen LogP contribution in [0.15, 0.2) is 24.3 Å². The average Bonchev–Trinajstić information content (AvgIpc) is 2.50. The predicted molar refractivity (Wildman–Crippen MR) is 94.6 cm³/mol. The molecule has 1 rings (SSSR count). The standard InChI is InChI=1S/C18H30O4S/c1-4-5-6-7-8-9-10-17-11-13-18(14-12-17)22-15(2)16(3)23(19,20)21/h11-16H,4-10H2,1-3H3,(H,19,20,21). The highest BCUT2D eigenvalue weighted by Gasteiger charge is 2.25. The van der Waals surface area contributed by atoms with Crippen molar-refractivity contribution in [3.8, 4) is 5.75 Å². The summed E-state index contributed by atoms with van der Waals surface area (Å²) in [4.78, 5) is 0. The average molecular weight is 343 g/mol. The molecule has 1 N–H and O–H groups in total. The first kappa shape index (κ1) is 20.0. The maximum Gasteiger partial charge on any atom is 0.271 e. The molecule has 132 valence electrons. The minimum Gasteiger partial charge on any atom is -0.489 e. The molecular weight excluding hydrogens is 312 g/mol. The highest BCUT2D eigenvalue weighted by Crippen LogP contribution is 2.18. The lowest BCUT2D eigenvalue weighted by Gasteiger charge is -2.19. The Morgan fingerprint density at radius 3 is 2.13 bits per heavy atom. The zero-order valence-corrected chi connectivity index (χ0v) is 15.3. The van der Waals surface area contributed by atoms with Crippen LogP contribution in [-0.2, 0) is 16.5 Å². The molecule has 4 nitrogen and oxygen atoms in total. The Balaban J connectivity index is 2.38. The highest BCUT2D eigenvalue weighted by molar-refractivity contribution is 7.86. The third-order valence-electron chi connectivity index (χ3n) is 4.20. The van der Waals surface area contributed by atoms with Crippen LogP contribution in [0.4, 0.5) is 0 Å². The lowest BCUT2D eigenvalue weighted by Crippen LogP contribution is -2.33. The van der Waals surface area contributed by atoms with E-state index in [-0.39, 0.29) is 0 Å². The lowest BCUT2D eigenvalue weighted by molar-refractivity contribution is 0.215. The minimum atomic E-state index is -4.08. The van der Waals surface area contributed by atoms with Crippen LogP contribution >= 0.6 is 0 Å². The molecule has 0 saturated carbocycles. The fourth-order valence-corrected chi connectivity index (χ4v) is 2.94. The van der Waals surface area contributed by atoms with Crippen LogP contribution in [0, 0.1) is 0 Å². The first-order valence-corrected chi connectivity index (χ1v) is 10.1. The fraction of sp³-hybridized carbons (Fsp3) is 0.667. The number of hydrogen-bond donors (Lipinski definition) is 1. The largest absolute Gasteiger partial charge is 0.489 e. The Hall–Kier alpha value is -1.07. The van der Waals surface area contributed by atoms with Crippen LogP contribution in [0.2, 0.25) is 0 Å². The van der Waals surface area contributed by atoms with E-state index in [1.54, 1.807) is 6.92 Å². The fourth-order valence-electron chi connectivity index (χ4n) is 2.40. The van der Waals surface area contributed by atoms with Gasteiger partial charge in [-0.25, -0.2) is 0 Å². The molecule has 2 unspecified atom stereocenters. The summed E-state index contributed by atoms with van der Waals surface area (Å²) in [6.45, 7) is 5.30. The van der Waals surface area contributed by atoms with Crippen molar-refractivity contribution in [3.63, 3.8) is 0 Å². The predicted octanol–water partition coefficient (Wildman–Crippen LogP) is 4.63. The van der Waals surface area contributed by atoms with Gasteiger partial charge in [-0.3, -0.25) is 4.55 Å². The molecule has 0 heterocycles. The van der Waals surface area contributed by atoms with Crippen LogP contribution in [0.5, 0.6) is 5.75 Å². The first-order chi connectivity index (χ1) is 10.8. The molecule has 0 amide bonds. The molecule has 0 aliphatic carbocycles. The van der Waals surface area contributed by atoms with Gasteiger partial charge in [0.1, 0.15) is 17.1 Å². The Bertz CT molecular complexity index is 537. The van der Waals surface area contributed by atoms with E-state index in [1.807, 2.05) is 24.3 Å². The number of hydrogen-bond acceptors (Lipinski definition) is 3. The highest BCUT2D eigenvalue weighted by atomic mass is 32.2. The lowest BCUT2D eigenvalue weighted by atomic mass is 10.0. The molecule has 0 aromatic heterocycles. The van der Waals surface area contributed by atoms with Crippen LogP contribution in [0.3, 0.4) is 0 Å². The van der Waals surface area contributed by atoms with Gasteiger partial charge in [0.25, 0.3) is 10.1 Å². The van der Waals surface area contributed by atoms with Gasteiger partial charge in [-0.05, 0) is 44.4 Å². The second kappa shape index (κ2) is 9.93. The molecule has 2 atom stereocenters. The Labute approximate surface area is 141 Å². The van der Waals surface area contributed by atoms with E-state index in [9.17, 15) is 8.42 Å². The summed E-state index contributed by atoms with van der Waals surface area (Å²) in [5.74, 6) is 0.625. The zero-order valence-electron chi connectivity index (χ0n) is 14.5. The number of benzene rings is 1. The summed E-state index contributed by atoms with van der Waals surface area (Å²) in [7, 11) is -4.08. The van der Waals surface area contributed by atoms with Gasteiger partial charge in [-0.2, -0.15) is 8.42 Å². The molecule has 0 fully saturated rings. The Morgan fingerprint density at radius 1 is 1.00 bits per heavy atom. The maximum atomic E-state index is 11.1. The van der Waals surface area contributed by atoms with Gasteiger partial charge in [0.2, 0.25) is 0 Å². The molecule has 0 aliphatic rings. The van der Waals surface area contributed by atoms with Gasteiger partial charge >= 0.3 is 0 Å².